The first kappa shape index (κ1) is 44.8. The number of amides is 6. The Morgan fingerprint density at radius 3 is 1.64 bits per heavy atom. The van der Waals surface area contributed by atoms with Gasteiger partial charge in [-0.25, -0.2) is 4.79 Å². The van der Waals surface area contributed by atoms with Crippen molar-refractivity contribution in [3.63, 3.8) is 0 Å². The van der Waals surface area contributed by atoms with E-state index in [1.54, 1.807) is 0 Å². The lowest BCUT2D eigenvalue weighted by Crippen LogP contribution is -2.60. The Hall–Kier alpha value is -4.40. The largest absolute Gasteiger partial charge is 0.481 e. The lowest BCUT2D eigenvalue weighted by atomic mass is 10.0. The molecule has 6 amide bonds. The summed E-state index contributed by atoms with van der Waals surface area (Å²) >= 11 is 0. The van der Waals surface area contributed by atoms with Crippen molar-refractivity contribution in [3.8, 4) is 0 Å². The minimum absolute atomic E-state index is 0.0789. The number of nitrogens with two attached hydrogens (primary N) is 3. The molecule has 0 saturated carbocycles. The molecule has 0 radical (unpaired) electrons. The summed E-state index contributed by atoms with van der Waals surface area (Å²) in [5, 5.41) is 38.9. The molecule has 7 unspecified atom stereocenters. The van der Waals surface area contributed by atoms with Crippen LogP contribution >= 0.6 is 0 Å². The maximum Gasteiger partial charge on any atom is 0.326 e. The van der Waals surface area contributed by atoms with Gasteiger partial charge in [-0.05, 0) is 90.6 Å². The number of hydrogen-bond acceptors (Lipinski definition) is 12. The summed E-state index contributed by atoms with van der Waals surface area (Å²) in [4.78, 5) is 105. The summed E-state index contributed by atoms with van der Waals surface area (Å²) < 4.78 is 0. The predicted octanol–water partition coefficient (Wildman–Crippen LogP) is -3.55. The van der Waals surface area contributed by atoms with E-state index in [1.165, 1.54) is 11.8 Å². The van der Waals surface area contributed by atoms with Gasteiger partial charge in [-0.2, -0.15) is 0 Å². The highest BCUT2D eigenvalue weighted by Gasteiger charge is 2.41. The van der Waals surface area contributed by atoms with Gasteiger partial charge in [0.2, 0.25) is 35.4 Å². The zero-order valence-corrected chi connectivity index (χ0v) is 30.3. The fourth-order valence-corrected chi connectivity index (χ4v) is 6.34. The van der Waals surface area contributed by atoms with Gasteiger partial charge in [0.25, 0.3) is 0 Å². The van der Waals surface area contributed by atoms with Crippen molar-refractivity contribution in [1.82, 2.24) is 31.1 Å². The zero-order valence-electron chi connectivity index (χ0n) is 30.3. The van der Waals surface area contributed by atoms with Gasteiger partial charge in [-0.1, -0.05) is 0 Å². The number of nitrogens with zero attached hydrogens (tertiary/aromatic N) is 2. The molecule has 20 heteroatoms. The molecule has 300 valence electrons. The van der Waals surface area contributed by atoms with Gasteiger partial charge in [0.1, 0.15) is 36.3 Å². The number of aliphatic hydroxyl groups excluding tert-OH is 1. The van der Waals surface area contributed by atoms with E-state index in [-0.39, 0.29) is 45.2 Å². The first-order valence-corrected chi connectivity index (χ1v) is 18.2. The highest BCUT2D eigenvalue weighted by Crippen LogP contribution is 2.21. The molecule has 0 spiro atoms. The van der Waals surface area contributed by atoms with Crippen molar-refractivity contribution in [1.29, 1.82) is 0 Å². The number of carbonyl (C=O) groups excluding carboxylic acids is 6. The Morgan fingerprint density at radius 1 is 0.660 bits per heavy atom. The average molecular weight is 756 g/mol. The van der Waals surface area contributed by atoms with E-state index in [4.69, 9.17) is 22.3 Å². The first-order valence-electron chi connectivity index (χ1n) is 18.2. The molecule has 13 N–H and O–H groups in total. The van der Waals surface area contributed by atoms with E-state index >= 15 is 0 Å². The molecule has 0 aromatic heterocycles. The van der Waals surface area contributed by atoms with Crippen LogP contribution in [0.25, 0.3) is 0 Å². The Kier molecular flexibility index (Phi) is 19.1. The minimum atomic E-state index is -1.56. The van der Waals surface area contributed by atoms with E-state index in [1.807, 2.05) is 0 Å². The second kappa shape index (κ2) is 22.6. The third-order valence-corrected chi connectivity index (χ3v) is 9.29. The van der Waals surface area contributed by atoms with Crippen LogP contribution in [-0.4, -0.2) is 148 Å². The van der Waals surface area contributed by atoms with Crippen LogP contribution in [0.5, 0.6) is 0 Å². The molecule has 7 atom stereocenters. The van der Waals surface area contributed by atoms with Crippen LogP contribution in [0.3, 0.4) is 0 Å². The zero-order chi connectivity index (χ0) is 39.7. The number of rotatable bonds is 23. The molecule has 53 heavy (non-hydrogen) atoms. The summed E-state index contributed by atoms with van der Waals surface area (Å²) in [7, 11) is 0. The number of aliphatic carboxylic acids is 2. The number of aliphatic hydroxyl groups is 1. The molecule has 2 aliphatic heterocycles. The fraction of sp³-hybridized carbons (Fsp3) is 0.758. The van der Waals surface area contributed by atoms with Crippen LogP contribution in [0.15, 0.2) is 0 Å². The SMILES string of the molecule is CC(N)C(=O)NC(CCC(=O)O)C(=O)NC(CO)C(=O)N1CCCC1C(=O)NC(CCCCN)C(=O)NC(CCCCN)C(=O)N1CCCC1C(=O)O. The number of carbonyl (C=O) groups is 8. The number of nitrogens with one attached hydrogen (secondary N) is 4. The van der Waals surface area contributed by atoms with Crippen molar-refractivity contribution >= 4 is 47.4 Å². The van der Waals surface area contributed by atoms with Crippen LogP contribution in [0, 0.1) is 0 Å². The lowest BCUT2D eigenvalue weighted by molar-refractivity contribution is -0.149. The number of unbranched alkanes of at least 4 members (excludes halogenated alkanes) is 2. The Bertz CT molecular complexity index is 1300. The van der Waals surface area contributed by atoms with Crippen LogP contribution in [-0.2, 0) is 38.4 Å². The van der Waals surface area contributed by atoms with Gasteiger partial charge >= 0.3 is 11.9 Å². The van der Waals surface area contributed by atoms with Gasteiger partial charge in [0.05, 0.1) is 12.6 Å². The van der Waals surface area contributed by atoms with Crippen molar-refractivity contribution in [2.45, 2.75) is 126 Å². The second-order valence-corrected chi connectivity index (χ2v) is 13.4. The average Bonchev–Trinajstić information content (AvgIpc) is 3.82. The Balaban J connectivity index is 2.22. The van der Waals surface area contributed by atoms with E-state index in [0.717, 1.165) is 4.90 Å². The van der Waals surface area contributed by atoms with E-state index in [2.05, 4.69) is 21.3 Å². The molecule has 2 saturated heterocycles. The van der Waals surface area contributed by atoms with Gasteiger partial charge in [0.15, 0.2) is 0 Å². The topological polar surface area (TPSA) is 330 Å². The molecular weight excluding hydrogens is 698 g/mol. The summed E-state index contributed by atoms with van der Waals surface area (Å²) in [6, 6.07) is -8.29. The lowest BCUT2D eigenvalue weighted by Gasteiger charge is -2.31. The third kappa shape index (κ3) is 13.8. The molecule has 2 fully saturated rings. The molecule has 0 aromatic carbocycles. The number of hydrogen-bond donors (Lipinski definition) is 10. The first-order chi connectivity index (χ1) is 25.2. The molecule has 0 aromatic rings. The molecule has 0 bridgehead atoms. The fourth-order valence-electron chi connectivity index (χ4n) is 6.34. The van der Waals surface area contributed by atoms with Crippen molar-refractivity contribution < 1.29 is 53.7 Å². The van der Waals surface area contributed by atoms with Gasteiger partial charge in [-0.3, -0.25) is 33.6 Å². The standard InChI is InChI=1S/C33H57N9O11/c1-19(36)27(46)37-21(12-13-26(44)45)29(48)40-23(18-43)32(51)41-16-6-10-24(41)30(49)38-20(8-2-4-14-34)28(47)39-22(9-3-5-15-35)31(50)42-17-7-11-25(42)33(52)53/h19-25,43H,2-18,34-36H2,1H3,(H,37,46)(H,38,49)(H,39,47)(H,40,48)(H,44,45)(H,52,53). The summed E-state index contributed by atoms with van der Waals surface area (Å²) in [5.41, 5.74) is 16.9. The van der Waals surface area contributed by atoms with Crippen molar-refractivity contribution in [3.05, 3.63) is 0 Å². The van der Waals surface area contributed by atoms with Crippen molar-refractivity contribution in [2.24, 2.45) is 17.2 Å². The van der Waals surface area contributed by atoms with E-state index in [9.17, 15) is 48.6 Å². The maximum absolute atomic E-state index is 13.7. The van der Waals surface area contributed by atoms with Gasteiger partial charge in [-0.15, -0.1) is 0 Å². The maximum atomic E-state index is 13.7. The molecule has 0 aliphatic carbocycles. The third-order valence-electron chi connectivity index (χ3n) is 9.29. The minimum Gasteiger partial charge on any atom is -0.481 e. The smallest absolute Gasteiger partial charge is 0.326 e. The summed E-state index contributed by atoms with van der Waals surface area (Å²) in [5.74, 6) is -6.78. The van der Waals surface area contributed by atoms with Crippen LogP contribution in [0.1, 0.15) is 84.0 Å². The highest BCUT2D eigenvalue weighted by molar-refractivity contribution is 5.97. The second-order valence-electron chi connectivity index (χ2n) is 13.4. The quantitative estimate of drug-likeness (QED) is 0.0452. The molecule has 20 nitrogen and oxygen atoms in total. The number of carboxylic acids is 2. The van der Waals surface area contributed by atoms with Crippen molar-refractivity contribution in [2.75, 3.05) is 32.8 Å². The summed E-state index contributed by atoms with van der Waals surface area (Å²) in [6.07, 6.45) is 2.86. The van der Waals surface area contributed by atoms with Crippen LogP contribution < -0.4 is 38.5 Å². The van der Waals surface area contributed by atoms with Gasteiger partial charge in [0, 0.05) is 19.5 Å². The van der Waals surface area contributed by atoms with Gasteiger partial charge < -0.3 is 63.6 Å². The molecule has 2 aliphatic rings. The molecule has 2 rings (SSSR count). The van der Waals surface area contributed by atoms with E-state index in [0.29, 0.717) is 51.6 Å². The highest BCUT2D eigenvalue weighted by atomic mass is 16.4. The normalized spacial score (nSPS) is 19.7. The Labute approximate surface area is 308 Å². The monoisotopic (exact) mass is 755 g/mol. The predicted molar refractivity (Wildman–Crippen MR) is 188 cm³/mol. The summed E-state index contributed by atoms with van der Waals surface area (Å²) in [6.45, 7) is 1.45. The Morgan fingerprint density at radius 2 is 1.13 bits per heavy atom. The van der Waals surface area contributed by atoms with E-state index < -0.39 is 103 Å². The molecule has 2 heterocycles. The number of likely N-dealkylation sites (tertiary alicyclic amines) is 2. The van der Waals surface area contributed by atoms with Crippen LogP contribution in [0.2, 0.25) is 0 Å². The molecular formula is C33H57N9O11. The van der Waals surface area contributed by atoms with Crippen LogP contribution in [0.4, 0.5) is 0 Å². The number of carboxylic acid groups (broad SMARTS) is 2.